The van der Waals surface area contributed by atoms with E-state index in [1.165, 1.54) is 13.2 Å². The van der Waals surface area contributed by atoms with E-state index in [0.29, 0.717) is 0 Å². The van der Waals surface area contributed by atoms with Gasteiger partial charge in [0, 0.05) is 7.11 Å². The van der Waals surface area contributed by atoms with E-state index < -0.39 is 11.9 Å². The molecule has 0 spiro atoms. The smallest absolute Gasteiger partial charge is 0.165 e. The number of benzene rings is 1. The van der Waals surface area contributed by atoms with E-state index in [1.54, 1.807) is 12.1 Å². The van der Waals surface area contributed by atoms with Gasteiger partial charge in [0.2, 0.25) is 0 Å². The van der Waals surface area contributed by atoms with Gasteiger partial charge in [0.25, 0.3) is 0 Å². The molecule has 84 valence electrons. The average Bonchev–Trinajstić information content (AvgIpc) is 2.20. The molecule has 15 heavy (non-hydrogen) atoms. The Morgan fingerprint density at radius 1 is 1.40 bits per heavy atom. The van der Waals surface area contributed by atoms with Crippen LogP contribution in [-0.4, -0.2) is 31.5 Å². The fourth-order valence-electron chi connectivity index (χ4n) is 1.15. The van der Waals surface area contributed by atoms with Crippen LogP contribution >= 0.6 is 0 Å². The molecule has 0 radical (unpaired) electrons. The third kappa shape index (κ3) is 3.85. The molecular formula is C11H15FO3. The fourth-order valence-corrected chi connectivity index (χ4v) is 1.15. The van der Waals surface area contributed by atoms with Gasteiger partial charge in [-0.15, -0.1) is 0 Å². The first-order chi connectivity index (χ1) is 7.13. The second-order valence-corrected chi connectivity index (χ2v) is 3.35. The van der Waals surface area contributed by atoms with Gasteiger partial charge in [0.1, 0.15) is 12.7 Å². The number of hydrogen-bond acceptors (Lipinski definition) is 3. The summed E-state index contributed by atoms with van der Waals surface area (Å²) in [6.07, 6.45) is -0.741. The highest BCUT2D eigenvalue weighted by Crippen LogP contribution is 2.18. The van der Waals surface area contributed by atoms with Crippen molar-refractivity contribution in [3.05, 3.63) is 29.6 Å². The fraction of sp³-hybridized carbons (Fsp3) is 0.455. The van der Waals surface area contributed by atoms with Crippen molar-refractivity contribution < 1.29 is 19.0 Å². The second-order valence-electron chi connectivity index (χ2n) is 3.35. The van der Waals surface area contributed by atoms with Crippen LogP contribution < -0.4 is 4.74 Å². The molecule has 1 aromatic rings. The molecule has 1 atom stereocenters. The number of hydrogen-bond donors (Lipinski definition) is 1. The van der Waals surface area contributed by atoms with Crippen LogP contribution in [0, 0.1) is 12.7 Å². The average molecular weight is 214 g/mol. The van der Waals surface area contributed by atoms with Crippen LogP contribution in [0.2, 0.25) is 0 Å². The summed E-state index contributed by atoms with van der Waals surface area (Å²) in [5.41, 5.74) is 0.910. The van der Waals surface area contributed by atoms with Gasteiger partial charge in [-0.3, -0.25) is 0 Å². The van der Waals surface area contributed by atoms with Gasteiger partial charge in [-0.05, 0) is 24.6 Å². The van der Waals surface area contributed by atoms with Crippen LogP contribution in [0.15, 0.2) is 18.2 Å². The summed E-state index contributed by atoms with van der Waals surface area (Å²) in [6, 6.07) is 4.59. The third-order valence-corrected chi connectivity index (χ3v) is 1.88. The number of aliphatic hydroxyl groups excluding tert-OH is 1. The molecule has 0 saturated heterocycles. The lowest BCUT2D eigenvalue weighted by molar-refractivity contribution is 0.0316. The molecule has 0 aliphatic carbocycles. The maximum Gasteiger partial charge on any atom is 0.165 e. The van der Waals surface area contributed by atoms with Crippen molar-refractivity contribution >= 4 is 0 Å². The molecule has 0 amide bonds. The minimum Gasteiger partial charge on any atom is -0.488 e. The number of aliphatic hydroxyl groups is 1. The topological polar surface area (TPSA) is 38.7 Å². The SMILES string of the molecule is COCC(O)COc1cc(C)ccc1F. The number of halogens is 1. The molecule has 0 aromatic heterocycles. The molecule has 1 unspecified atom stereocenters. The molecule has 4 heteroatoms. The first-order valence-corrected chi connectivity index (χ1v) is 4.69. The van der Waals surface area contributed by atoms with Crippen LogP contribution in [0.3, 0.4) is 0 Å². The van der Waals surface area contributed by atoms with Crippen molar-refractivity contribution in [2.24, 2.45) is 0 Å². The Kier molecular flexibility index (Phi) is 4.52. The van der Waals surface area contributed by atoms with Crippen molar-refractivity contribution in [3.8, 4) is 5.75 Å². The van der Waals surface area contributed by atoms with Gasteiger partial charge in [-0.2, -0.15) is 0 Å². The quantitative estimate of drug-likeness (QED) is 0.807. The maximum absolute atomic E-state index is 13.2. The molecule has 0 heterocycles. The number of methoxy groups -OCH3 is 1. The number of aryl methyl sites for hydroxylation is 1. The molecule has 1 aromatic carbocycles. The van der Waals surface area contributed by atoms with E-state index in [-0.39, 0.29) is 19.0 Å². The molecule has 0 aliphatic heterocycles. The first kappa shape index (κ1) is 11.9. The summed E-state index contributed by atoms with van der Waals surface area (Å²) in [7, 11) is 1.48. The zero-order valence-electron chi connectivity index (χ0n) is 8.87. The second kappa shape index (κ2) is 5.68. The van der Waals surface area contributed by atoms with Crippen LogP contribution in [0.5, 0.6) is 5.75 Å². The lowest BCUT2D eigenvalue weighted by atomic mass is 10.2. The zero-order chi connectivity index (χ0) is 11.3. The molecule has 3 nitrogen and oxygen atoms in total. The molecule has 0 fully saturated rings. The Labute approximate surface area is 88.4 Å². The van der Waals surface area contributed by atoms with Crippen LogP contribution in [0.25, 0.3) is 0 Å². The lowest BCUT2D eigenvalue weighted by Gasteiger charge is -2.12. The number of ether oxygens (including phenoxy) is 2. The standard InChI is InChI=1S/C11H15FO3/c1-8-3-4-10(12)11(5-8)15-7-9(13)6-14-2/h3-5,9,13H,6-7H2,1-2H3. The third-order valence-electron chi connectivity index (χ3n) is 1.88. The van der Waals surface area contributed by atoms with E-state index in [4.69, 9.17) is 9.47 Å². The van der Waals surface area contributed by atoms with Crippen molar-refractivity contribution in [3.63, 3.8) is 0 Å². The van der Waals surface area contributed by atoms with Crippen LogP contribution in [0.1, 0.15) is 5.56 Å². The van der Waals surface area contributed by atoms with Gasteiger partial charge in [-0.25, -0.2) is 4.39 Å². The largest absolute Gasteiger partial charge is 0.488 e. The predicted octanol–water partition coefficient (Wildman–Crippen LogP) is 1.52. The molecule has 0 saturated carbocycles. The van der Waals surface area contributed by atoms with Crippen molar-refractivity contribution in [2.45, 2.75) is 13.0 Å². The van der Waals surface area contributed by atoms with Crippen molar-refractivity contribution in [2.75, 3.05) is 20.3 Å². The van der Waals surface area contributed by atoms with Gasteiger partial charge in [0.15, 0.2) is 11.6 Å². The summed E-state index contributed by atoms with van der Waals surface area (Å²) in [5.74, 6) is -0.268. The summed E-state index contributed by atoms with van der Waals surface area (Å²) in [6.45, 7) is 2.04. The molecular weight excluding hydrogens is 199 g/mol. The van der Waals surface area contributed by atoms with Gasteiger partial charge < -0.3 is 14.6 Å². The predicted molar refractivity (Wildman–Crippen MR) is 54.5 cm³/mol. The van der Waals surface area contributed by atoms with Gasteiger partial charge in [-0.1, -0.05) is 6.07 Å². The highest BCUT2D eigenvalue weighted by molar-refractivity contribution is 5.29. The Bertz CT molecular complexity index is 315. The van der Waals surface area contributed by atoms with Crippen molar-refractivity contribution in [1.82, 2.24) is 0 Å². The summed E-state index contributed by atoms with van der Waals surface area (Å²) in [4.78, 5) is 0. The monoisotopic (exact) mass is 214 g/mol. The lowest BCUT2D eigenvalue weighted by Crippen LogP contribution is -2.22. The highest BCUT2D eigenvalue weighted by atomic mass is 19.1. The summed E-state index contributed by atoms with van der Waals surface area (Å²) >= 11 is 0. The Morgan fingerprint density at radius 2 is 2.13 bits per heavy atom. The highest BCUT2D eigenvalue weighted by Gasteiger charge is 2.07. The van der Waals surface area contributed by atoms with E-state index in [2.05, 4.69) is 0 Å². The Balaban J connectivity index is 2.53. The van der Waals surface area contributed by atoms with Gasteiger partial charge in [0.05, 0.1) is 6.61 Å². The Hall–Kier alpha value is -1.13. The summed E-state index contributed by atoms with van der Waals surface area (Å²) < 4.78 is 23.0. The molecule has 1 rings (SSSR count). The van der Waals surface area contributed by atoms with Crippen molar-refractivity contribution in [1.29, 1.82) is 0 Å². The van der Waals surface area contributed by atoms with Crippen LogP contribution in [-0.2, 0) is 4.74 Å². The Morgan fingerprint density at radius 3 is 2.80 bits per heavy atom. The van der Waals surface area contributed by atoms with E-state index in [0.717, 1.165) is 5.56 Å². The molecule has 0 aliphatic rings. The van der Waals surface area contributed by atoms with E-state index >= 15 is 0 Å². The number of rotatable bonds is 5. The first-order valence-electron chi connectivity index (χ1n) is 4.69. The van der Waals surface area contributed by atoms with E-state index in [9.17, 15) is 9.50 Å². The maximum atomic E-state index is 13.2. The van der Waals surface area contributed by atoms with E-state index in [1.807, 2.05) is 6.92 Å². The minimum absolute atomic E-state index is 0.0220. The van der Waals surface area contributed by atoms with Crippen LogP contribution in [0.4, 0.5) is 4.39 Å². The van der Waals surface area contributed by atoms with Gasteiger partial charge >= 0.3 is 0 Å². The summed E-state index contributed by atoms with van der Waals surface area (Å²) in [5, 5.41) is 9.30. The molecule has 0 bridgehead atoms. The minimum atomic E-state index is -0.741. The molecule has 1 N–H and O–H groups in total. The zero-order valence-corrected chi connectivity index (χ0v) is 8.87. The normalized spacial score (nSPS) is 12.5.